The Bertz CT molecular complexity index is 350. The first kappa shape index (κ1) is 13.4. The van der Waals surface area contributed by atoms with Crippen molar-refractivity contribution >= 4 is 11.8 Å². The molecule has 1 fully saturated rings. The van der Waals surface area contributed by atoms with Crippen molar-refractivity contribution in [2.24, 2.45) is 0 Å². The highest BCUT2D eigenvalue weighted by molar-refractivity contribution is 5.97. The summed E-state index contributed by atoms with van der Waals surface area (Å²) in [7, 11) is 0. The van der Waals surface area contributed by atoms with Crippen LogP contribution in [0.3, 0.4) is 0 Å². The second kappa shape index (κ2) is 6.84. The summed E-state index contributed by atoms with van der Waals surface area (Å²) < 4.78 is 0. The van der Waals surface area contributed by atoms with Crippen LogP contribution in [0, 0.1) is 0 Å². The Kier molecular flexibility index (Phi) is 5.40. The molecular formula is C14H19NO2. The van der Waals surface area contributed by atoms with Crippen molar-refractivity contribution in [1.29, 1.82) is 0 Å². The molecule has 0 aliphatic carbocycles. The van der Waals surface area contributed by atoms with Gasteiger partial charge in [-0.3, -0.25) is 14.5 Å². The fraction of sp³-hybridized carbons (Fsp3) is 0.429. The molecule has 0 saturated carbocycles. The maximum Gasteiger partial charge on any atom is 0.229 e. The van der Waals surface area contributed by atoms with Crippen molar-refractivity contribution in [1.82, 2.24) is 4.90 Å². The molecule has 0 N–H and O–H groups in total. The van der Waals surface area contributed by atoms with E-state index in [2.05, 4.69) is 6.58 Å². The van der Waals surface area contributed by atoms with Crippen LogP contribution >= 0.6 is 0 Å². The summed E-state index contributed by atoms with van der Waals surface area (Å²) in [6.45, 7) is 6.13. The number of piperidine rings is 1. The van der Waals surface area contributed by atoms with Gasteiger partial charge < -0.3 is 0 Å². The Labute approximate surface area is 102 Å². The summed E-state index contributed by atoms with van der Waals surface area (Å²) in [5, 5.41) is 0. The maximum atomic E-state index is 11.6. The highest BCUT2D eigenvalue weighted by Gasteiger charge is 2.25. The fourth-order valence-corrected chi connectivity index (χ4v) is 1.76. The van der Waals surface area contributed by atoms with Crippen LogP contribution in [0.4, 0.5) is 0 Å². The van der Waals surface area contributed by atoms with Crippen molar-refractivity contribution in [2.75, 3.05) is 6.54 Å². The molecule has 1 aliphatic rings. The van der Waals surface area contributed by atoms with E-state index in [1.54, 1.807) is 6.08 Å². The zero-order valence-electron chi connectivity index (χ0n) is 10.3. The molecule has 0 aromatic heterocycles. The monoisotopic (exact) mass is 233 g/mol. The zero-order chi connectivity index (χ0) is 12.7. The van der Waals surface area contributed by atoms with Gasteiger partial charge in [0.15, 0.2) is 0 Å². The summed E-state index contributed by atoms with van der Waals surface area (Å²) in [6, 6.07) is 0. The van der Waals surface area contributed by atoms with Crippen molar-refractivity contribution in [3.63, 3.8) is 0 Å². The van der Waals surface area contributed by atoms with Crippen LogP contribution in [0.15, 0.2) is 36.5 Å². The minimum absolute atomic E-state index is 0.0457. The molecule has 17 heavy (non-hydrogen) atoms. The Morgan fingerprint density at radius 1 is 1.35 bits per heavy atom. The van der Waals surface area contributed by atoms with E-state index < -0.39 is 0 Å². The van der Waals surface area contributed by atoms with Crippen LogP contribution in [-0.4, -0.2) is 23.3 Å². The third-order valence-electron chi connectivity index (χ3n) is 2.77. The van der Waals surface area contributed by atoms with Crippen LogP contribution in [0.25, 0.3) is 0 Å². The lowest BCUT2D eigenvalue weighted by atomic mass is 10.1. The number of amides is 2. The number of imide groups is 1. The molecule has 0 atom stereocenters. The van der Waals surface area contributed by atoms with E-state index in [1.807, 2.05) is 25.2 Å². The first-order chi connectivity index (χ1) is 8.19. The number of carbonyl (C=O) groups is 2. The highest BCUT2D eigenvalue weighted by Crippen LogP contribution is 2.14. The van der Waals surface area contributed by atoms with Gasteiger partial charge in [0, 0.05) is 19.4 Å². The van der Waals surface area contributed by atoms with E-state index in [0.717, 1.165) is 5.57 Å². The largest absolute Gasteiger partial charge is 0.282 e. The third kappa shape index (κ3) is 4.02. The van der Waals surface area contributed by atoms with Crippen LogP contribution in [0.2, 0.25) is 0 Å². The van der Waals surface area contributed by atoms with Gasteiger partial charge in [0.1, 0.15) is 0 Å². The molecule has 3 heteroatoms. The van der Waals surface area contributed by atoms with Gasteiger partial charge in [0.05, 0.1) is 0 Å². The summed E-state index contributed by atoms with van der Waals surface area (Å²) in [5.41, 5.74) is 1.04. The number of hydrogen-bond acceptors (Lipinski definition) is 2. The predicted molar refractivity (Wildman–Crippen MR) is 68.3 cm³/mol. The summed E-state index contributed by atoms with van der Waals surface area (Å²) in [5.74, 6) is -0.0913. The molecule has 2 amide bonds. The molecule has 1 rings (SSSR count). The van der Waals surface area contributed by atoms with Crippen molar-refractivity contribution in [3.05, 3.63) is 36.5 Å². The molecule has 1 heterocycles. The van der Waals surface area contributed by atoms with Crippen LogP contribution < -0.4 is 0 Å². The molecular weight excluding hydrogens is 214 g/mol. The van der Waals surface area contributed by atoms with E-state index in [-0.39, 0.29) is 11.8 Å². The summed E-state index contributed by atoms with van der Waals surface area (Å²) >= 11 is 0. The fourth-order valence-electron chi connectivity index (χ4n) is 1.76. The minimum Gasteiger partial charge on any atom is -0.282 e. The molecule has 0 spiro atoms. The van der Waals surface area contributed by atoms with E-state index >= 15 is 0 Å². The molecule has 1 saturated heterocycles. The lowest BCUT2D eigenvalue weighted by Gasteiger charge is -2.24. The summed E-state index contributed by atoms with van der Waals surface area (Å²) in [6.07, 6.45) is 9.92. The molecule has 0 aromatic rings. The number of rotatable bonds is 5. The zero-order valence-corrected chi connectivity index (χ0v) is 10.3. The van der Waals surface area contributed by atoms with E-state index in [1.165, 1.54) is 4.90 Å². The number of carbonyl (C=O) groups excluding carboxylic acids is 2. The Morgan fingerprint density at radius 2 is 2.00 bits per heavy atom. The van der Waals surface area contributed by atoms with Gasteiger partial charge >= 0.3 is 0 Å². The average molecular weight is 233 g/mol. The molecule has 0 bridgehead atoms. The standard InChI is InChI=1S/C14H19NO2/c1-3-5-7-12(4-2)10-11-15-13(16)8-6-9-14(15)17/h3-5,7H,2,6,8-11H2,1H3/b5-3-,12-7+. The quantitative estimate of drug-likeness (QED) is 0.540. The number of allylic oxidation sites excluding steroid dienone is 4. The normalized spacial score (nSPS) is 17.9. The SMILES string of the molecule is C=C/C(=C\C=C/C)CCN1C(=O)CCCC1=O. The van der Waals surface area contributed by atoms with Crippen LogP contribution in [0.5, 0.6) is 0 Å². The van der Waals surface area contributed by atoms with Crippen molar-refractivity contribution < 1.29 is 9.59 Å². The molecule has 0 aromatic carbocycles. The molecule has 1 aliphatic heterocycles. The van der Waals surface area contributed by atoms with E-state index in [9.17, 15) is 9.59 Å². The second-order valence-corrected chi connectivity index (χ2v) is 4.01. The Hall–Kier alpha value is -1.64. The lowest BCUT2D eigenvalue weighted by molar-refractivity contribution is -0.147. The van der Waals surface area contributed by atoms with E-state index in [0.29, 0.717) is 32.2 Å². The topological polar surface area (TPSA) is 37.4 Å². The maximum absolute atomic E-state index is 11.6. The minimum atomic E-state index is -0.0457. The van der Waals surface area contributed by atoms with Crippen LogP contribution in [0.1, 0.15) is 32.6 Å². The van der Waals surface area contributed by atoms with Crippen molar-refractivity contribution in [3.8, 4) is 0 Å². The highest BCUT2D eigenvalue weighted by atomic mass is 16.2. The first-order valence-electron chi connectivity index (χ1n) is 5.96. The smallest absolute Gasteiger partial charge is 0.229 e. The van der Waals surface area contributed by atoms with Crippen LogP contribution in [-0.2, 0) is 9.59 Å². The lowest BCUT2D eigenvalue weighted by Crippen LogP contribution is -2.40. The average Bonchev–Trinajstić information content (AvgIpc) is 2.32. The first-order valence-corrected chi connectivity index (χ1v) is 5.96. The van der Waals surface area contributed by atoms with Gasteiger partial charge in [-0.25, -0.2) is 0 Å². The van der Waals surface area contributed by atoms with Gasteiger partial charge in [-0.15, -0.1) is 0 Å². The van der Waals surface area contributed by atoms with Gasteiger partial charge in [0.25, 0.3) is 0 Å². The molecule has 0 unspecified atom stereocenters. The Balaban J connectivity index is 2.56. The van der Waals surface area contributed by atoms with Gasteiger partial charge in [-0.05, 0) is 25.3 Å². The molecule has 92 valence electrons. The molecule has 3 nitrogen and oxygen atoms in total. The van der Waals surface area contributed by atoms with Gasteiger partial charge in [-0.1, -0.05) is 30.9 Å². The Morgan fingerprint density at radius 3 is 2.53 bits per heavy atom. The summed E-state index contributed by atoms with van der Waals surface area (Å²) in [4.78, 5) is 24.5. The number of hydrogen-bond donors (Lipinski definition) is 0. The number of likely N-dealkylation sites (tertiary alicyclic amines) is 1. The predicted octanol–water partition coefficient (Wildman–Crippen LogP) is 2.60. The van der Waals surface area contributed by atoms with E-state index in [4.69, 9.17) is 0 Å². The number of nitrogens with zero attached hydrogens (tertiary/aromatic N) is 1. The van der Waals surface area contributed by atoms with Gasteiger partial charge in [-0.2, -0.15) is 0 Å². The van der Waals surface area contributed by atoms with Crippen molar-refractivity contribution in [2.45, 2.75) is 32.6 Å². The second-order valence-electron chi connectivity index (χ2n) is 4.01. The molecule has 0 radical (unpaired) electrons. The van der Waals surface area contributed by atoms with Gasteiger partial charge in [0.2, 0.25) is 11.8 Å². The third-order valence-corrected chi connectivity index (χ3v) is 2.77.